The number of nitrogens with zero attached hydrogens (tertiary/aromatic N) is 1. The minimum absolute atomic E-state index is 0.0167. The summed E-state index contributed by atoms with van der Waals surface area (Å²) in [4.78, 5) is 109. The Hall–Kier alpha value is -4.87. The molecule has 9 unspecified atom stereocenters. The van der Waals surface area contributed by atoms with Gasteiger partial charge in [-0.15, -0.1) is 0 Å². The number of amides is 8. The molecular weight excluding hydrogens is 708 g/mol. The zero-order valence-electron chi connectivity index (χ0n) is 30.8. The normalized spacial score (nSPS) is 28.1. The van der Waals surface area contributed by atoms with E-state index in [0.29, 0.717) is 18.4 Å². The highest BCUT2D eigenvalue weighted by Gasteiger charge is 2.41. The van der Waals surface area contributed by atoms with Crippen LogP contribution in [0.4, 0.5) is 0 Å². The monoisotopic (exact) mass is 760 g/mol. The first-order valence-electron chi connectivity index (χ1n) is 17.8. The van der Waals surface area contributed by atoms with Gasteiger partial charge in [-0.1, -0.05) is 50.6 Å². The Morgan fingerprint density at radius 2 is 1.36 bits per heavy atom. The van der Waals surface area contributed by atoms with Crippen molar-refractivity contribution in [1.82, 2.24) is 36.8 Å². The van der Waals surface area contributed by atoms with E-state index in [1.807, 2.05) is 6.92 Å². The molecule has 2 fully saturated rings. The van der Waals surface area contributed by atoms with Gasteiger partial charge in [0, 0.05) is 35.8 Å². The molecule has 17 nitrogen and oxygen atoms in total. The number of nitrogens with one attached hydrogen (secondary N) is 6. The fraction of sp³-hybridized carbons (Fsp3) is 0.600. The van der Waals surface area contributed by atoms with E-state index >= 15 is 0 Å². The number of hydrogen-bond acceptors (Lipinski definition) is 9. The van der Waals surface area contributed by atoms with Crippen molar-refractivity contribution in [2.75, 3.05) is 18.6 Å². The van der Waals surface area contributed by atoms with E-state index in [0.717, 1.165) is 0 Å². The maximum atomic E-state index is 14.1. The van der Waals surface area contributed by atoms with Crippen molar-refractivity contribution in [3.8, 4) is 0 Å². The minimum Gasteiger partial charge on any atom is -0.370 e. The zero-order valence-corrected chi connectivity index (χ0v) is 31.6. The van der Waals surface area contributed by atoms with Crippen LogP contribution in [0.1, 0.15) is 65.4 Å². The van der Waals surface area contributed by atoms with Gasteiger partial charge in [0.05, 0.1) is 6.42 Å². The minimum atomic E-state index is -1.56. The average Bonchev–Trinajstić information content (AvgIpc) is 3.61. The van der Waals surface area contributed by atoms with Crippen molar-refractivity contribution in [2.45, 2.75) is 109 Å². The van der Waals surface area contributed by atoms with Crippen molar-refractivity contribution >= 4 is 58.1 Å². The van der Waals surface area contributed by atoms with E-state index in [9.17, 15) is 42.6 Å². The Bertz CT molecular complexity index is 1560. The third kappa shape index (κ3) is 12.4. The van der Waals surface area contributed by atoms with Gasteiger partial charge < -0.3 is 42.5 Å². The summed E-state index contributed by atoms with van der Waals surface area (Å²) in [7, 11) is -1.35. The molecule has 0 radical (unpaired) electrons. The maximum Gasteiger partial charge on any atom is 0.246 e. The Labute approximate surface area is 311 Å². The van der Waals surface area contributed by atoms with Crippen LogP contribution in [0, 0.1) is 5.92 Å². The highest BCUT2D eigenvalue weighted by atomic mass is 32.2. The van der Waals surface area contributed by atoms with E-state index in [1.54, 1.807) is 37.3 Å². The number of fused-ring (bicyclic) bond motifs is 1. The molecule has 292 valence electrons. The average molecular weight is 761 g/mol. The molecular formula is C35H52N8O9S. The van der Waals surface area contributed by atoms with Gasteiger partial charge in [0.1, 0.15) is 42.3 Å². The zero-order chi connectivity index (χ0) is 39.4. The maximum absolute atomic E-state index is 14.1. The van der Waals surface area contributed by atoms with Gasteiger partial charge in [-0.3, -0.25) is 42.6 Å². The number of rotatable bonds is 9. The van der Waals surface area contributed by atoms with Gasteiger partial charge in [0.2, 0.25) is 47.3 Å². The van der Waals surface area contributed by atoms with Crippen LogP contribution in [0.5, 0.6) is 0 Å². The lowest BCUT2D eigenvalue weighted by molar-refractivity contribution is -0.143. The number of hydrogen-bond donors (Lipinski definition) is 7. The van der Waals surface area contributed by atoms with E-state index < -0.39 is 107 Å². The van der Waals surface area contributed by atoms with Gasteiger partial charge in [0.15, 0.2) is 0 Å². The van der Waals surface area contributed by atoms with E-state index in [1.165, 1.54) is 25.0 Å². The molecule has 3 rings (SSSR count). The molecule has 8 amide bonds. The second-order valence-corrected chi connectivity index (χ2v) is 15.2. The number of carbonyl (C=O) groups excluding carboxylic acids is 8. The molecule has 1 aromatic carbocycles. The molecule has 2 saturated heterocycles. The third-order valence-corrected chi connectivity index (χ3v) is 10.2. The summed E-state index contributed by atoms with van der Waals surface area (Å²) in [6, 6.07) is 0.109. The summed E-state index contributed by atoms with van der Waals surface area (Å²) in [5, 5.41) is 15.4. The lowest BCUT2D eigenvalue weighted by Crippen LogP contribution is -2.60. The van der Waals surface area contributed by atoms with Gasteiger partial charge in [-0.2, -0.15) is 0 Å². The van der Waals surface area contributed by atoms with Gasteiger partial charge in [-0.25, -0.2) is 0 Å². The molecule has 53 heavy (non-hydrogen) atoms. The molecule has 18 heteroatoms. The predicted octanol–water partition coefficient (Wildman–Crippen LogP) is -2.13. The van der Waals surface area contributed by atoms with Crippen LogP contribution in [0.2, 0.25) is 0 Å². The van der Waals surface area contributed by atoms with Crippen LogP contribution in [0.15, 0.2) is 30.3 Å². The molecule has 0 saturated carbocycles. The Kier molecular flexibility index (Phi) is 15.9. The first-order valence-corrected chi connectivity index (χ1v) is 19.5. The second-order valence-electron chi connectivity index (χ2n) is 13.6. The standard InChI is InChI=1S/C35H52N8O9S/c1-6-19(2)28-35(51)43-15-10-13-26(43)34(50)41-24(17-22-11-8-7-9-12-22)33(49)40-25(18-27(36)44)32(48)38-20(3)29(45)39-23(14-16-53(5)52)31(47)37-21(4)30(46)42-28/h7-9,11-12,19-21,23-26,28H,6,10,13-18H2,1-5H3,(H2,36,44)(H,37,47)(H,38,48)(H,39,45)(H,40,49)(H,41,50)(H,42,46). The van der Waals surface area contributed by atoms with Crippen molar-refractivity contribution in [3.63, 3.8) is 0 Å². The molecule has 8 N–H and O–H groups in total. The van der Waals surface area contributed by atoms with E-state index in [4.69, 9.17) is 5.73 Å². The molecule has 2 heterocycles. The Morgan fingerprint density at radius 3 is 1.94 bits per heavy atom. The Balaban J connectivity index is 2.06. The highest BCUT2D eigenvalue weighted by molar-refractivity contribution is 7.84. The van der Waals surface area contributed by atoms with Crippen LogP contribution < -0.4 is 37.6 Å². The molecule has 0 bridgehead atoms. The van der Waals surface area contributed by atoms with Crippen molar-refractivity contribution in [3.05, 3.63) is 35.9 Å². The van der Waals surface area contributed by atoms with E-state index in [-0.39, 0.29) is 37.5 Å². The smallest absolute Gasteiger partial charge is 0.246 e. The Morgan fingerprint density at radius 1 is 0.811 bits per heavy atom. The fourth-order valence-electron chi connectivity index (χ4n) is 6.06. The summed E-state index contributed by atoms with van der Waals surface area (Å²) >= 11 is 0. The number of benzene rings is 1. The van der Waals surface area contributed by atoms with Crippen LogP contribution in [0.3, 0.4) is 0 Å². The van der Waals surface area contributed by atoms with Crippen LogP contribution in [-0.4, -0.2) is 117 Å². The summed E-state index contributed by atoms with van der Waals surface area (Å²) in [5.41, 5.74) is 6.08. The number of primary amides is 1. The van der Waals surface area contributed by atoms with Crippen LogP contribution in [-0.2, 0) is 55.6 Å². The first-order chi connectivity index (χ1) is 25.0. The molecule has 0 spiro atoms. The predicted molar refractivity (Wildman–Crippen MR) is 195 cm³/mol. The largest absolute Gasteiger partial charge is 0.370 e. The molecule has 0 aliphatic carbocycles. The van der Waals surface area contributed by atoms with Gasteiger partial charge in [0.25, 0.3) is 0 Å². The van der Waals surface area contributed by atoms with Crippen LogP contribution >= 0.6 is 0 Å². The van der Waals surface area contributed by atoms with Gasteiger partial charge in [-0.05, 0) is 44.6 Å². The van der Waals surface area contributed by atoms with Crippen molar-refractivity contribution in [1.29, 1.82) is 0 Å². The SMILES string of the molecule is CCC(C)C1NC(=O)C(C)NC(=O)C(CCS(C)=O)NC(=O)C(C)NC(=O)C(CC(N)=O)NC(=O)C(Cc2ccccc2)NC(=O)C2CCCN2C1=O. The highest BCUT2D eigenvalue weighted by Crippen LogP contribution is 2.22. The second kappa shape index (κ2) is 19.8. The summed E-state index contributed by atoms with van der Waals surface area (Å²) in [5.74, 6) is -6.50. The summed E-state index contributed by atoms with van der Waals surface area (Å²) < 4.78 is 11.9. The molecule has 2 aliphatic heterocycles. The molecule has 0 aromatic heterocycles. The quantitative estimate of drug-likeness (QED) is 0.145. The summed E-state index contributed by atoms with van der Waals surface area (Å²) in [6.07, 6.45) is 1.92. The van der Waals surface area contributed by atoms with Crippen molar-refractivity contribution < 1.29 is 42.6 Å². The molecule has 2 aliphatic rings. The van der Waals surface area contributed by atoms with E-state index in [2.05, 4.69) is 31.9 Å². The van der Waals surface area contributed by atoms with Crippen LogP contribution in [0.25, 0.3) is 0 Å². The third-order valence-electron chi connectivity index (χ3n) is 9.40. The number of nitrogens with two attached hydrogens (primary N) is 1. The fourth-order valence-corrected chi connectivity index (χ4v) is 6.63. The topological polar surface area (TPSA) is 255 Å². The lowest BCUT2D eigenvalue weighted by atomic mass is 9.96. The first kappa shape index (κ1) is 42.5. The van der Waals surface area contributed by atoms with Crippen molar-refractivity contribution in [2.24, 2.45) is 11.7 Å². The lowest BCUT2D eigenvalue weighted by Gasteiger charge is -2.32. The number of carbonyl (C=O) groups is 8. The molecule has 1 aromatic rings. The van der Waals surface area contributed by atoms with Gasteiger partial charge >= 0.3 is 0 Å². The summed E-state index contributed by atoms with van der Waals surface area (Å²) in [6.45, 7) is 6.54. The molecule has 9 atom stereocenters.